The number of carbonyl (C=O) groups is 2. The topological polar surface area (TPSA) is 93.0 Å². The molecule has 4 heterocycles. The zero-order chi connectivity index (χ0) is 19.8. The minimum atomic E-state index is -0.267. The van der Waals surface area contributed by atoms with Crippen LogP contribution in [-0.2, 0) is 13.0 Å². The molecule has 2 amide bonds. The third-order valence-corrected chi connectivity index (χ3v) is 5.71. The highest BCUT2D eigenvalue weighted by Crippen LogP contribution is 2.33. The molecule has 0 unspecified atom stereocenters. The average molecular weight is 388 g/mol. The van der Waals surface area contributed by atoms with Crippen molar-refractivity contribution < 1.29 is 9.59 Å². The van der Waals surface area contributed by atoms with E-state index in [2.05, 4.69) is 20.5 Å². The number of hydrogen-bond acceptors (Lipinski definition) is 5. The number of para-hydroxylation sites is 1. The van der Waals surface area contributed by atoms with Crippen LogP contribution in [0.5, 0.6) is 0 Å². The van der Waals surface area contributed by atoms with E-state index >= 15 is 0 Å². The van der Waals surface area contributed by atoms with Crippen LogP contribution in [0.3, 0.4) is 0 Å². The van der Waals surface area contributed by atoms with Crippen LogP contribution in [0.1, 0.15) is 26.8 Å². The van der Waals surface area contributed by atoms with Crippen LogP contribution in [0.4, 0.5) is 5.69 Å². The molecule has 0 bridgehead atoms. The summed E-state index contributed by atoms with van der Waals surface area (Å²) in [5.74, 6) is 1.51. The Labute approximate surface area is 167 Å². The minimum absolute atomic E-state index is 0.0274. The highest BCUT2D eigenvalue weighted by atomic mass is 16.2. The summed E-state index contributed by atoms with van der Waals surface area (Å²) in [6.07, 6.45) is 3.99. The molecule has 8 heteroatoms. The number of likely N-dealkylation sites (tertiary alicyclic amines) is 1. The lowest BCUT2D eigenvalue weighted by atomic mass is 9.89. The number of hydrogen-bond donors (Lipinski definition) is 1. The Morgan fingerprint density at radius 2 is 1.69 bits per heavy atom. The molecule has 0 aliphatic carbocycles. The van der Waals surface area contributed by atoms with Crippen LogP contribution in [0.15, 0.2) is 54.9 Å². The van der Waals surface area contributed by atoms with Gasteiger partial charge in [0, 0.05) is 49.7 Å². The molecular formula is C21H20N6O2. The first-order valence-corrected chi connectivity index (χ1v) is 9.67. The maximum atomic E-state index is 12.8. The molecule has 0 radical (unpaired) electrons. The highest BCUT2D eigenvalue weighted by Gasteiger charge is 2.40. The number of amides is 2. The predicted molar refractivity (Wildman–Crippen MR) is 105 cm³/mol. The van der Waals surface area contributed by atoms with Gasteiger partial charge in [-0.3, -0.25) is 14.6 Å². The summed E-state index contributed by atoms with van der Waals surface area (Å²) >= 11 is 0. The van der Waals surface area contributed by atoms with E-state index in [0.717, 1.165) is 17.9 Å². The van der Waals surface area contributed by atoms with Crippen LogP contribution in [-0.4, -0.2) is 49.6 Å². The number of nitrogens with zero attached hydrogens (tertiary/aromatic N) is 5. The van der Waals surface area contributed by atoms with E-state index in [1.54, 1.807) is 24.5 Å². The van der Waals surface area contributed by atoms with Crippen LogP contribution < -0.4 is 5.32 Å². The van der Waals surface area contributed by atoms with E-state index in [4.69, 9.17) is 0 Å². The smallest absolute Gasteiger partial charge is 0.293 e. The van der Waals surface area contributed by atoms with Gasteiger partial charge < -0.3 is 14.8 Å². The molecule has 1 N–H and O–H groups in total. The van der Waals surface area contributed by atoms with E-state index < -0.39 is 0 Å². The van der Waals surface area contributed by atoms with Gasteiger partial charge in [-0.15, -0.1) is 10.2 Å². The van der Waals surface area contributed by atoms with Crippen molar-refractivity contribution in [3.05, 3.63) is 72.1 Å². The van der Waals surface area contributed by atoms with E-state index in [-0.39, 0.29) is 17.7 Å². The third kappa shape index (κ3) is 3.26. The Morgan fingerprint density at radius 3 is 2.48 bits per heavy atom. The molecule has 2 aliphatic rings. The zero-order valence-corrected chi connectivity index (χ0v) is 15.7. The van der Waals surface area contributed by atoms with E-state index in [1.807, 2.05) is 39.8 Å². The molecule has 1 aromatic carbocycles. The number of carbonyl (C=O) groups excluding carboxylic acids is 2. The first kappa shape index (κ1) is 17.5. The molecule has 2 aromatic heterocycles. The van der Waals surface area contributed by atoms with Gasteiger partial charge in [-0.1, -0.05) is 18.2 Å². The molecule has 146 valence electrons. The van der Waals surface area contributed by atoms with Crippen LogP contribution in [0, 0.1) is 11.8 Å². The van der Waals surface area contributed by atoms with Crippen molar-refractivity contribution in [1.82, 2.24) is 24.6 Å². The molecule has 1 fully saturated rings. The number of nitrogens with one attached hydrogen (secondary N) is 1. The third-order valence-electron chi connectivity index (χ3n) is 5.71. The Kier molecular flexibility index (Phi) is 4.31. The molecule has 2 aliphatic heterocycles. The van der Waals surface area contributed by atoms with E-state index in [1.165, 1.54) is 0 Å². The molecule has 0 saturated carbocycles. The summed E-state index contributed by atoms with van der Waals surface area (Å²) < 4.78 is 1.90. The van der Waals surface area contributed by atoms with Gasteiger partial charge >= 0.3 is 0 Å². The van der Waals surface area contributed by atoms with Gasteiger partial charge in [0.1, 0.15) is 5.82 Å². The average Bonchev–Trinajstić information content (AvgIpc) is 3.36. The highest BCUT2D eigenvalue weighted by molar-refractivity contribution is 6.01. The molecule has 5 rings (SSSR count). The van der Waals surface area contributed by atoms with Crippen molar-refractivity contribution in [1.29, 1.82) is 0 Å². The molecule has 3 aromatic rings. The summed E-state index contributed by atoms with van der Waals surface area (Å²) in [6, 6.07) is 12.8. The fourth-order valence-electron chi connectivity index (χ4n) is 4.24. The fraction of sp³-hybridized carbons (Fsp3) is 0.286. The summed E-state index contributed by atoms with van der Waals surface area (Å²) in [5.41, 5.74) is 1.37. The van der Waals surface area contributed by atoms with Gasteiger partial charge in [0.05, 0.1) is 0 Å². The fourth-order valence-corrected chi connectivity index (χ4v) is 4.24. The largest absolute Gasteiger partial charge is 0.338 e. The van der Waals surface area contributed by atoms with Crippen molar-refractivity contribution in [2.75, 3.05) is 18.4 Å². The van der Waals surface area contributed by atoms with Crippen molar-refractivity contribution >= 4 is 17.5 Å². The van der Waals surface area contributed by atoms with Crippen molar-refractivity contribution in [3.8, 4) is 0 Å². The maximum Gasteiger partial charge on any atom is 0.293 e. The second kappa shape index (κ2) is 7.12. The van der Waals surface area contributed by atoms with Crippen LogP contribution in [0.2, 0.25) is 0 Å². The van der Waals surface area contributed by atoms with Gasteiger partial charge in [0.25, 0.3) is 11.8 Å². The SMILES string of the molecule is O=C(Nc1ccccc1)c1nnc2n1C[C@@H]1CN(C(=O)c3ccncc3)C[C@@H]1C2. The summed E-state index contributed by atoms with van der Waals surface area (Å²) in [5, 5.41) is 11.3. The van der Waals surface area contributed by atoms with Gasteiger partial charge in [-0.05, 0) is 36.1 Å². The van der Waals surface area contributed by atoms with E-state index in [0.29, 0.717) is 36.9 Å². The zero-order valence-electron chi connectivity index (χ0n) is 15.7. The molecule has 0 spiro atoms. The van der Waals surface area contributed by atoms with E-state index in [9.17, 15) is 9.59 Å². The molecular weight excluding hydrogens is 368 g/mol. The number of aromatic nitrogens is 4. The monoisotopic (exact) mass is 388 g/mol. The molecule has 1 saturated heterocycles. The quantitative estimate of drug-likeness (QED) is 0.739. The lowest BCUT2D eigenvalue weighted by Crippen LogP contribution is -2.31. The summed E-state index contributed by atoms with van der Waals surface area (Å²) in [4.78, 5) is 31.3. The predicted octanol–water partition coefficient (Wildman–Crippen LogP) is 1.87. The Morgan fingerprint density at radius 1 is 0.931 bits per heavy atom. The van der Waals surface area contributed by atoms with Crippen LogP contribution >= 0.6 is 0 Å². The molecule has 29 heavy (non-hydrogen) atoms. The lowest BCUT2D eigenvalue weighted by molar-refractivity contribution is 0.0783. The first-order valence-electron chi connectivity index (χ1n) is 9.67. The lowest BCUT2D eigenvalue weighted by Gasteiger charge is -2.25. The van der Waals surface area contributed by atoms with Gasteiger partial charge in [0.15, 0.2) is 0 Å². The van der Waals surface area contributed by atoms with Crippen LogP contribution in [0.25, 0.3) is 0 Å². The first-order chi connectivity index (χ1) is 14.2. The Balaban J connectivity index is 1.31. The second-order valence-electron chi connectivity index (χ2n) is 7.54. The Hall–Kier alpha value is -3.55. The molecule has 8 nitrogen and oxygen atoms in total. The standard InChI is InChI=1S/C21H20N6O2/c28-20(23-17-4-2-1-3-5-17)19-25-24-18-10-15-11-26(12-16(15)13-27(18)19)21(29)14-6-8-22-9-7-14/h1-9,15-16H,10-13H2,(H,23,28)/t15-,16-/m0/s1. The summed E-state index contributed by atoms with van der Waals surface area (Å²) in [7, 11) is 0. The normalized spacial score (nSPS) is 20.1. The van der Waals surface area contributed by atoms with Crippen molar-refractivity contribution in [2.45, 2.75) is 13.0 Å². The number of rotatable bonds is 3. The number of pyridine rings is 1. The van der Waals surface area contributed by atoms with Gasteiger partial charge in [-0.2, -0.15) is 0 Å². The maximum absolute atomic E-state index is 12.8. The number of benzene rings is 1. The van der Waals surface area contributed by atoms with Gasteiger partial charge in [-0.25, -0.2) is 0 Å². The Bertz CT molecular complexity index is 1050. The minimum Gasteiger partial charge on any atom is -0.338 e. The summed E-state index contributed by atoms with van der Waals surface area (Å²) in [6.45, 7) is 2.01. The number of fused-ring (bicyclic) bond motifs is 2. The van der Waals surface area contributed by atoms with Gasteiger partial charge in [0.2, 0.25) is 5.82 Å². The van der Waals surface area contributed by atoms with Crippen molar-refractivity contribution in [2.24, 2.45) is 11.8 Å². The second-order valence-corrected chi connectivity index (χ2v) is 7.54. The van der Waals surface area contributed by atoms with Crippen molar-refractivity contribution in [3.63, 3.8) is 0 Å². The molecule has 2 atom stereocenters. The number of anilines is 1.